The molecule has 0 saturated heterocycles. The van der Waals surface area contributed by atoms with Gasteiger partial charge in [0.15, 0.2) is 11.5 Å². The van der Waals surface area contributed by atoms with Crippen LogP contribution < -0.4 is 9.47 Å². The summed E-state index contributed by atoms with van der Waals surface area (Å²) in [5, 5.41) is 9.16. The third-order valence-electron chi connectivity index (χ3n) is 3.37. The fraction of sp³-hybridized carbons (Fsp3) is 0.294. The fourth-order valence-corrected chi connectivity index (χ4v) is 3.17. The van der Waals surface area contributed by atoms with Crippen LogP contribution in [-0.2, 0) is 6.61 Å². The zero-order valence-corrected chi connectivity index (χ0v) is 12.8. The maximum Gasteiger partial charge on any atom is 0.162 e. The first kappa shape index (κ1) is 14.3. The van der Waals surface area contributed by atoms with Crippen molar-refractivity contribution in [2.24, 2.45) is 0 Å². The van der Waals surface area contributed by atoms with Crippen LogP contribution in [0.5, 0.6) is 11.5 Å². The normalized spacial score (nSPS) is 13.8. The second kappa shape index (κ2) is 6.41. The monoisotopic (exact) mass is 302 g/mol. The van der Waals surface area contributed by atoms with Gasteiger partial charge in [0.05, 0.1) is 19.8 Å². The molecule has 1 aliphatic heterocycles. The highest BCUT2D eigenvalue weighted by atomic mass is 32.2. The van der Waals surface area contributed by atoms with E-state index in [-0.39, 0.29) is 6.61 Å². The molecule has 110 valence electrons. The predicted molar refractivity (Wildman–Crippen MR) is 83.3 cm³/mol. The molecule has 3 rings (SSSR count). The summed E-state index contributed by atoms with van der Waals surface area (Å²) in [5.74, 6) is 1.64. The minimum atomic E-state index is 0.0792. The molecule has 0 spiro atoms. The summed E-state index contributed by atoms with van der Waals surface area (Å²) in [4.78, 5) is 2.31. The highest BCUT2D eigenvalue weighted by molar-refractivity contribution is 7.99. The van der Waals surface area contributed by atoms with Crippen LogP contribution in [0.3, 0.4) is 0 Å². The molecule has 1 heterocycles. The molecule has 21 heavy (non-hydrogen) atoms. The SMILES string of the molecule is Cc1cc(CO)ccc1Sc1ccc2c(c1)OCCCO2. The van der Waals surface area contributed by atoms with Gasteiger partial charge in [0.1, 0.15) is 0 Å². The van der Waals surface area contributed by atoms with Crippen LogP contribution in [0.25, 0.3) is 0 Å². The lowest BCUT2D eigenvalue weighted by atomic mass is 10.1. The molecule has 1 aliphatic rings. The summed E-state index contributed by atoms with van der Waals surface area (Å²) >= 11 is 1.70. The highest BCUT2D eigenvalue weighted by Gasteiger charge is 2.11. The van der Waals surface area contributed by atoms with Crippen LogP contribution >= 0.6 is 11.8 Å². The van der Waals surface area contributed by atoms with Gasteiger partial charge in [-0.25, -0.2) is 0 Å². The van der Waals surface area contributed by atoms with Crippen molar-refractivity contribution < 1.29 is 14.6 Å². The number of benzene rings is 2. The van der Waals surface area contributed by atoms with E-state index in [0.717, 1.165) is 28.4 Å². The molecule has 0 bridgehead atoms. The first-order valence-electron chi connectivity index (χ1n) is 7.04. The number of hydrogen-bond acceptors (Lipinski definition) is 4. The molecule has 3 nitrogen and oxygen atoms in total. The van der Waals surface area contributed by atoms with Crippen LogP contribution in [0.15, 0.2) is 46.2 Å². The lowest BCUT2D eigenvalue weighted by molar-refractivity contribution is 0.281. The number of aliphatic hydroxyl groups is 1. The first-order valence-corrected chi connectivity index (χ1v) is 7.86. The van der Waals surface area contributed by atoms with Gasteiger partial charge in [0.25, 0.3) is 0 Å². The Balaban J connectivity index is 1.83. The van der Waals surface area contributed by atoms with Gasteiger partial charge in [0.2, 0.25) is 0 Å². The Morgan fingerprint density at radius 1 is 1.05 bits per heavy atom. The van der Waals surface area contributed by atoms with Crippen LogP contribution in [0.2, 0.25) is 0 Å². The first-order chi connectivity index (χ1) is 10.3. The van der Waals surface area contributed by atoms with Crippen LogP contribution in [-0.4, -0.2) is 18.3 Å². The van der Waals surface area contributed by atoms with Gasteiger partial charge >= 0.3 is 0 Å². The molecule has 0 amide bonds. The number of ether oxygens (including phenoxy) is 2. The van der Waals surface area contributed by atoms with Crippen LogP contribution in [0.4, 0.5) is 0 Å². The molecule has 4 heteroatoms. The van der Waals surface area contributed by atoms with E-state index in [1.165, 1.54) is 10.5 Å². The van der Waals surface area contributed by atoms with Crippen LogP contribution in [0, 0.1) is 6.92 Å². The van der Waals surface area contributed by atoms with Gasteiger partial charge in [0, 0.05) is 16.2 Å². The molecule has 2 aromatic rings. The Kier molecular flexibility index (Phi) is 4.36. The van der Waals surface area contributed by atoms with Crippen molar-refractivity contribution in [2.75, 3.05) is 13.2 Å². The number of aliphatic hydroxyl groups excluding tert-OH is 1. The minimum Gasteiger partial charge on any atom is -0.490 e. The van der Waals surface area contributed by atoms with E-state index in [9.17, 15) is 0 Å². The van der Waals surface area contributed by atoms with E-state index in [2.05, 4.69) is 19.1 Å². The Morgan fingerprint density at radius 3 is 2.62 bits per heavy atom. The summed E-state index contributed by atoms with van der Waals surface area (Å²) < 4.78 is 11.4. The molecule has 0 fully saturated rings. The van der Waals surface area contributed by atoms with Gasteiger partial charge < -0.3 is 14.6 Å². The fourth-order valence-electron chi connectivity index (χ4n) is 2.26. The zero-order chi connectivity index (χ0) is 14.7. The number of fused-ring (bicyclic) bond motifs is 1. The molecular formula is C17H18O3S. The molecule has 2 aromatic carbocycles. The standard InChI is InChI=1S/C17H18O3S/c1-12-9-13(11-18)3-6-17(12)21-14-4-5-15-16(10-14)20-8-2-7-19-15/h3-6,9-10,18H,2,7-8,11H2,1H3. The largest absolute Gasteiger partial charge is 0.490 e. The molecule has 0 saturated carbocycles. The van der Waals surface area contributed by atoms with E-state index < -0.39 is 0 Å². The van der Waals surface area contributed by atoms with E-state index in [1.807, 2.05) is 24.3 Å². The van der Waals surface area contributed by atoms with Gasteiger partial charge in [-0.2, -0.15) is 0 Å². The third kappa shape index (κ3) is 3.34. The Labute approximate surface area is 128 Å². The van der Waals surface area contributed by atoms with E-state index >= 15 is 0 Å². The molecule has 0 radical (unpaired) electrons. The van der Waals surface area contributed by atoms with Crippen molar-refractivity contribution in [3.8, 4) is 11.5 Å². The van der Waals surface area contributed by atoms with E-state index in [0.29, 0.717) is 13.2 Å². The average Bonchev–Trinajstić information content (AvgIpc) is 2.74. The maximum absolute atomic E-state index is 9.16. The number of rotatable bonds is 3. The highest BCUT2D eigenvalue weighted by Crippen LogP contribution is 2.37. The summed E-state index contributed by atoms with van der Waals surface area (Å²) in [6.45, 7) is 3.55. The number of hydrogen-bond donors (Lipinski definition) is 1. The lowest BCUT2D eigenvalue weighted by Crippen LogP contribution is -1.97. The second-order valence-corrected chi connectivity index (χ2v) is 6.13. The van der Waals surface area contributed by atoms with E-state index in [4.69, 9.17) is 14.6 Å². The Bertz CT molecular complexity index is 640. The van der Waals surface area contributed by atoms with Crippen molar-refractivity contribution in [3.63, 3.8) is 0 Å². The van der Waals surface area contributed by atoms with Gasteiger partial charge in [-0.1, -0.05) is 23.9 Å². The van der Waals surface area contributed by atoms with Crippen molar-refractivity contribution in [3.05, 3.63) is 47.5 Å². The third-order valence-corrected chi connectivity index (χ3v) is 4.54. The summed E-state index contributed by atoms with van der Waals surface area (Å²) in [7, 11) is 0. The quantitative estimate of drug-likeness (QED) is 0.936. The molecule has 1 N–H and O–H groups in total. The van der Waals surface area contributed by atoms with Crippen LogP contribution in [0.1, 0.15) is 17.5 Å². The number of aryl methyl sites for hydroxylation is 1. The van der Waals surface area contributed by atoms with Gasteiger partial charge in [-0.05, 0) is 42.3 Å². The van der Waals surface area contributed by atoms with E-state index in [1.54, 1.807) is 11.8 Å². The Hall–Kier alpha value is -1.65. The predicted octanol–water partition coefficient (Wildman–Crippen LogP) is 3.80. The van der Waals surface area contributed by atoms with Gasteiger partial charge in [-0.15, -0.1) is 0 Å². The topological polar surface area (TPSA) is 38.7 Å². The van der Waals surface area contributed by atoms with Crippen molar-refractivity contribution in [2.45, 2.75) is 29.7 Å². The maximum atomic E-state index is 9.16. The van der Waals surface area contributed by atoms with Crippen molar-refractivity contribution >= 4 is 11.8 Å². The molecule has 0 aromatic heterocycles. The van der Waals surface area contributed by atoms with Crippen molar-refractivity contribution in [1.29, 1.82) is 0 Å². The lowest BCUT2D eigenvalue weighted by Gasteiger charge is -2.11. The van der Waals surface area contributed by atoms with Crippen molar-refractivity contribution in [1.82, 2.24) is 0 Å². The molecular weight excluding hydrogens is 284 g/mol. The Morgan fingerprint density at radius 2 is 1.86 bits per heavy atom. The average molecular weight is 302 g/mol. The summed E-state index contributed by atoms with van der Waals surface area (Å²) in [6.07, 6.45) is 0.916. The zero-order valence-electron chi connectivity index (χ0n) is 12.0. The van der Waals surface area contributed by atoms with Gasteiger partial charge in [-0.3, -0.25) is 0 Å². The smallest absolute Gasteiger partial charge is 0.162 e. The summed E-state index contributed by atoms with van der Waals surface area (Å²) in [6, 6.07) is 12.1. The molecule has 0 unspecified atom stereocenters. The minimum absolute atomic E-state index is 0.0792. The summed E-state index contributed by atoms with van der Waals surface area (Å²) in [5.41, 5.74) is 2.11. The molecule has 0 atom stereocenters. The molecule has 0 aliphatic carbocycles. The second-order valence-electron chi connectivity index (χ2n) is 5.02.